The van der Waals surface area contributed by atoms with Gasteiger partial charge in [-0.15, -0.1) is 11.3 Å². The largest absolute Gasteiger partial charge is 0.454 e. The highest BCUT2D eigenvalue weighted by Crippen LogP contribution is 2.34. The van der Waals surface area contributed by atoms with E-state index >= 15 is 0 Å². The van der Waals surface area contributed by atoms with Gasteiger partial charge in [0.15, 0.2) is 16.6 Å². The molecule has 148 valence electrons. The van der Waals surface area contributed by atoms with Crippen LogP contribution in [0.2, 0.25) is 5.02 Å². The van der Waals surface area contributed by atoms with Gasteiger partial charge in [-0.3, -0.25) is 14.9 Å². The van der Waals surface area contributed by atoms with Gasteiger partial charge in [0.1, 0.15) is 0 Å². The molecule has 1 aliphatic rings. The zero-order valence-corrected chi connectivity index (χ0v) is 16.7. The second-order valence-corrected chi connectivity index (χ2v) is 7.52. The monoisotopic (exact) mass is 429 g/mol. The average molecular weight is 430 g/mol. The van der Waals surface area contributed by atoms with E-state index in [4.69, 9.17) is 21.1 Å². The summed E-state index contributed by atoms with van der Waals surface area (Å²) in [6.07, 6.45) is 0.729. The van der Waals surface area contributed by atoms with Crippen molar-refractivity contribution in [3.8, 4) is 11.5 Å². The summed E-state index contributed by atoms with van der Waals surface area (Å²) in [6, 6.07) is 11.9. The number of nitrogens with zero attached hydrogens (tertiary/aromatic N) is 1. The molecule has 0 saturated carbocycles. The minimum atomic E-state index is -0.261. The number of nitrogens with one attached hydrogen (secondary N) is 2. The molecule has 0 saturated heterocycles. The number of aromatic nitrogens is 1. The summed E-state index contributed by atoms with van der Waals surface area (Å²) < 4.78 is 10.5. The molecule has 4 rings (SSSR count). The molecule has 0 radical (unpaired) electrons. The molecular weight excluding hydrogens is 414 g/mol. The molecule has 1 aromatic heterocycles. The van der Waals surface area contributed by atoms with Crippen molar-refractivity contribution in [3.63, 3.8) is 0 Å². The van der Waals surface area contributed by atoms with Crippen LogP contribution < -0.4 is 20.1 Å². The topological polar surface area (TPSA) is 89.6 Å². The third-order valence-electron chi connectivity index (χ3n) is 4.14. The van der Waals surface area contributed by atoms with Crippen LogP contribution >= 0.6 is 22.9 Å². The number of hydrogen-bond acceptors (Lipinski definition) is 6. The number of benzene rings is 2. The Hall–Kier alpha value is -3.10. The van der Waals surface area contributed by atoms with Crippen molar-refractivity contribution in [2.45, 2.75) is 12.8 Å². The van der Waals surface area contributed by atoms with Crippen molar-refractivity contribution in [2.75, 3.05) is 17.4 Å². The first kappa shape index (κ1) is 19.2. The van der Waals surface area contributed by atoms with Gasteiger partial charge in [-0.05, 0) is 42.8 Å². The SMILES string of the molecule is O=C(CCc1csc(NC(=O)c2ccc(Cl)cc2)n1)Nc1ccc2c(c1)OCO2. The Bertz CT molecular complexity index is 1050. The number of amides is 2. The molecule has 7 nitrogen and oxygen atoms in total. The van der Waals surface area contributed by atoms with Crippen LogP contribution in [-0.2, 0) is 11.2 Å². The lowest BCUT2D eigenvalue weighted by molar-refractivity contribution is -0.116. The van der Waals surface area contributed by atoms with E-state index in [0.717, 1.165) is 5.69 Å². The molecule has 9 heteroatoms. The lowest BCUT2D eigenvalue weighted by Gasteiger charge is -2.05. The molecule has 2 amide bonds. The first-order chi connectivity index (χ1) is 14.1. The summed E-state index contributed by atoms with van der Waals surface area (Å²) in [4.78, 5) is 28.8. The summed E-state index contributed by atoms with van der Waals surface area (Å²) >= 11 is 7.14. The molecule has 2 N–H and O–H groups in total. The number of aryl methyl sites for hydroxylation is 1. The molecule has 3 aromatic rings. The molecule has 29 heavy (non-hydrogen) atoms. The molecule has 2 heterocycles. The fourth-order valence-electron chi connectivity index (χ4n) is 2.69. The molecule has 1 aliphatic heterocycles. The van der Waals surface area contributed by atoms with E-state index < -0.39 is 0 Å². The number of anilines is 2. The van der Waals surface area contributed by atoms with E-state index in [1.807, 2.05) is 5.38 Å². The first-order valence-corrected chi connectivity index (χ1v) is 10.0. The number of ether oxygens (including phenoxy) is 2. The van der Waals surface area contributed by atoms with Crippen molar-refractivity contribution in [2.24, 2.45) is 0 Å². The number of carbonyl (C=O) groups excluding carboxylic acids is 2. The quantitative estimate of drug-likeness (QED) is 0.608. The number of fused-ring (bicyclic) bond motifs is 1. The van der Waals surface area contributed by atoms with Gasteiger partial charge in [0, 0.05) is 34.1 Å². The molecule has 0 spiro atoms. The number of carbonyl (C=O) groups is 2. The molecule has 0 fully saturated rings. The van der Waals surface area contributed by atoms with Gasteiger partial charge in [0.2, 0.25) is 12.7 Å². The fraction of sp³-hybridized carbons (Fsp3) is 0.150. The molecule has 0 atom stereocenters. The van der Waals surface area contributed by atoms with E-state index in [1.165, 1.54) is 11.3 Å². The normalized spacial score (nSPS) is 11.9. The smallest absolute Gasteiger partial charge is 0.257 e. The van der Waals surface area contributed by atoms with Gasteiger partial charge in [-0.25, -0.2) is 4.98 Å². The highest BCUT2D eigenvalue weighted by atomic mass is 35.5. The van der Waals surface area contributed by atoms with Gasteiger partial charge in [-0.1, -0.05) is 11.6 Å². The number of hydrogen-bond donors (Lipinski definition) is 2. The van der Waals surface area contributed by atoms with Crippen LogP contribution in [0.5, 0.6) is 11.5 Å². The lowest BCUT2D eigenvalue weighted by atomic mass is 10.2. The average Bonchev–Trinajstić information content (AvgIpc) is 3.35. The predicted molar refractivity (Wildman–Crippen MR) is 111 cm³/mol. The summed E-state index contributed by atoms with van der Waals surface area (Å²) in [5.41, 5.74) is 1.88. The van der Waals surface area contributed by atoms with E-state index in [2.05, 4.69) is 15.6 Å². The Morgan fingerprint density at radius 1 is 1.07 bits per heavy atom. The second-order valence-electron chi connectivity index (χ2n) is 6.22. The molecule has 2 aromatic carbocycles. The minimum absolute atomic E-state index is 0.136. The van der Waals surface area contributed by atoms with Gasteiger partial charge in [-0.2, -0.15) is 0 Å². The van der Waals surface area contributed by atoms with Crippen molar-refractivity contribution in [3.05, 3.63) is 64.1 Å². The van der Waals surface area contributed by atoms with Crippen LogP contribution in [0.15, 0.2) is 47.8 Å². The van der Waals surface area contributed by atoms with Crippen molar-refractivity contribution in [1.82, 2.24) is 4.98 Å². The maximum atomic E-state index is 12.2. The molecule has 0 bridgehead atoms. The summed E-state index contributed by atoms with van der Waals surface area (Å²) in [6.45, 7) is 0.188. The maximum Gasteiger partial charge on any atom is 0.257 e. The van der Waals surface area contributed by atoms with E-state index in [9.17, 15) is 9.59 Å². The zero-order chi connectivity index (χ0) is 20.2. The van der Waals surface area contributed by atoms with Crippen LogP contribution in [0.3, 0.4) is 0 Å². The van der Waals surface area contributed by atoms with Crippen LogP contribution in [-0.4, -0.2) is 23.6 Å². The van der Waals surface area contributed by atoms with Crippen molar-refractivity contribution in [1.29, 1.82) is 0 Å². The lowest BCUT2D eigenvalue weighted by Crippen LogP contribution is -2.13. The predicted octanol–water partition coefficient (Wildman–Crippen LogP) is 4.35. The Kier molecular flexibility index (Phi) is 5.64. The van der Waals surface area contributed by atoms with Gasteiger partial charge >= 0.3 is 0 Å². The molecule has 0 unspecified atom stereocenters. The number of rotatable bonds is 6. The number of halogens is 1. The third-order valence-corrected chi connectivity index (χ3v) is 5.20. The van der Waals surface area contributed by atoms with Crippen LogP contribution in [0.25, 0.3) is 0 Å². The Morgan fingerprint density at radius 2 is 1.86 bits per heavy atom. The fourth-order valence-corrected chi connectivity index (χ4v) is 3.55. The summed E-state index contributed by atoms with van der Waals surface area (Å²) in [5.74, 6) is 0.883. The maximum absolute atomic E-state index is 12.2. The molecular formula is C20H16ClN3O4S. The van der Waals surface area contributed by atoms with E-state index in [-0.39, 0.29) is 25.0 Å². The van der Waals surface area contributed by atoms with Crippen LogP contribution in [0, 0.1) is 0 Å². The summed E-state index contributed by atoms with van der Waals surface area (Å²) in [7, 11) is 0. The van der Waals surface area contributed by atoms with Gasteiger partial charge in [0.05, 0.1) is 5.69 Å². The third kappa shape index (κ3) is 4.85. The first-order valence-electron chi connectivity index (χ1n) is 8.78. The minimum Gasteiger partial charge on any atom is -0.454 e. The standard InChI is InChI=1S/C20H16ClN3O4S/c21-13-3-1-12(2-4-13)19(26)24-20-23-15(10-29-20)6-8-18(25)22-14-5-7-16-17(9-14)28-11-27-16/h1-5,7,9-10H,6,8,11H2,(H,22,25)(H,23,24,26). The van der Waals surface area contributed by atoms with Crippen LogP contribution in [0.4, 0.5) is 10.8 Å². The van der Waals surface area contributed by atoms with E-state index in [0.29, 0.717) is 39.3 Å². The van der Waals surface area contributed by atoms with E-state index in [1.54, 1.807) is 42.5 Å². The number of thiazole rings is 1. The zero-order valence-electron chi connectivity index (χ0n) is 15.1. The Balaban J connectivity index is 1.28. The highest BCUT2D eigenvalue weighted by Gasteiger charge is 2.15. The highest BCUT2D eigenvalue weighted by molar-refractivity contribution is 7.14. The van der Waals surface area contributed by atoms with Crippen molar-refractivity contribution < 1.29 is 19.1 Å². The van der Waals surface area contributed by atoms with Crippen molar-refractivity contribution >= 4 is 45.6 Å². The Labute approximate surface area is 175 Å². The summed E-state index contributed by atoms with van der Waals surface area (Å²) in [5, 5.41) is 8.45. The van der Waals surface area contributed by atoms with Gasteiger partial charge < -0.3 is 14.8 Å². The van der Waals surface area contributed by atoms with Crippen LogP contribution in [0.1, 0.15) is 22.5 Å². The second kappa shape index (κ2) is 8.50. The van der Waals surface area contributed by atoms with Gasteiger partial charge in [0.25, 0.3) is 5.91 Å². The molecule has 0 aliphatic carbocycles. The Morgan fingerprint density at radius 3 is 2.69 bits per heavy atom.